The van der Waals surface area contributed by atoms with Crippen LogP contribution in [0.3, 0.4) is 0 Å². The van der Waals surface area contributed by atoms with E-state index in [4.69, 9.17) is 5.73 Å². The molecule has 2 nitrogen and oxygen atoms in total. The summed E-state index contributed by atoms with van der Waals surface area (Å²) in [6, 6.07) is 15.3. The van der Waals surface area contributed by atoms with Gasteiger partial charge in [-0.1, -0.05) is 36.4 Å². The summed E-state index contributed by atoms with van der Waals surface area (Å²) >= 11 is 1.65. The maximum atomic E-state index is 9.87. The van der Waals surface area contributed by atoms with Crippen LogP contribution in [0.25, 0.3) is 10.8 Å². The molecule has 1 atom stereocenters. The van der Waals surface area contributed by atoms with E-state index >= 15 is 0 Å². The van der Waals surface area contributed by atoms with Crippen LogP contribution in [0.5, 0.6) is 5.75 Å². The molecule has 3 N–H and O–H groups in total. The SMILES string of the molecule is Cl.N[C@@H](c1cccs1)c1ccc(O)c2ccccc12. The lowest BCUT2D eigenvalue weighted by molar-refractivity contribution is 0.481. The van der Waals surface area contributed by atoms with Gasteiger partial charge >= 0.3 is 0 Å². The third-order valence-electron chi connectivity index (χ3n) is 3.12. The number of nitrogens with two attached hydrogens (primary N) is 1. The Bertz CT molecular complexity index is 682. The number of hydrogen-bond acceptors (Lipinski definition) is 3. The summed E-state index contributed by atoms with van der Waals surface area (Å²) in [5.74, 6) is 0.299. The summed E-state index contributed by atoms with van der Waals surface area (Å²) in [5, 5.41) is 13.8. The van der Waals surface area contributed by atoms with Gasteiger partial charge in [-0.3, -0.25) is 0 Å². The summed E-state index contributed by atoms with van der Waals surface area (Å²) in [6.45, 7) is 0. The normalized spacial score (nSPS) is 12.1. The fourth-order valence-electron chi connectivity index (χ4n) is 2.20. The van der Waals surface area contributed by atoms with E-state index in [9.17, 15) is 5.11 Å². The number of hydrogen-bond donors (Lipinski definition) is 2. The van der Waals surface area contributed by atoms with Crippen molar-refractivity contribution in [1.29, 1.82) is 0 Å². The molecule has 0 aliphatic heterocycles. The second-order valence-electron chi connectivity index (χ2n) is 4.21. The van der Waals surface area contributed by atoms with Gasteiger partial charge in [0.05, 0.1) is 6.04 Å². The third-order valence-corrected chi connectivity index (χ3v) is 4.07. The van der Waals surface area contributed by atoms with Gasteiger partial charge in [0.1, 0.15) is 5.75 Å². The first kappa shape index (κ1) is 13.9. The third kappa shape index (κ3) is 2.45. The Kier molecular flexibility index (Phi) is 4.10. The topological polar surface area (TPSA) is 46.2 Å². The van der Waals surface area contributed by atoms with E-state index in [1.165, 1.54) is 0 Å². The lowest BCUT2D eigenvalue weighted by atomic mass is 9.98. The highest BCUT2D eigenvalue weighted by molar-refractivity contribution is 7.10. The van der Waals surface area contributed by atoms with Crippen LogP contribution in [0.15, 0.2) is 53.9 Å². The fourth-order valence-corrected chi connectivity index (χ4v) is 2.94. The van der Waals surface area contributed by atoms with Crippen LogP contribution in [0, 0.1) is 0 Å². The van der Waals surface area contributed by atoms with E-state index in [-0.39, 0.29) is 18.4 Å². The van der Waals surface area contributed by atoms with Crippen molar-refractivity contribution in [3.8, 4) is 5.75 Å². The molecule has 2 aromatic carbocycles. The number of thiophene rings is 1. The standard InChI is InChI=1S/C15H13NOS.ClH/c16-15(14-6-3-9-18-14)12-7-8-13(17)11-5-2-1-4-10(11)12;/h1-9,15,17H,16H2;1H/t15-;/m1./s1. The fraction of sp³-hybridized carbons (Fsp3) is 0.0667. The Morgan fingerprint density at radius 2 is 1.68 bits per heavy atom. The van der Waals surface area contributed by atoms with Crippen molar-refractivity contribution in [3.63, 3.8) is 0 Å². The molecule has 0 aliphatic rings. The summed E-state index contributed by atoms with van der Waals surface area (Å²) in [6.07, 6.45) is 0. The molecule has 0 radical (unpaired) electrons. The molecule has 19 heavy (non-hydrogen) atoms. The molecule has 0 spiro atoms. The molecular weight excluding hydrogens is 278 g/mol. The summed E-state index contributed by atoms with van der Waals surface area (Å²) < 4.78 is 0. The zero-order valence-corrected chi connectivity index (χ0v) is 11.7. The number of aromatic hydroxyl groups is 1. The predicted molar refractivity (Wildman–Crippen MR) is 83.2 cm³/mol. The minimum Gasteiger partial charge on any atom is -0.507 e. The molecule has 98 valence electrons. The Hall–Kier alpha value is -1.55. The van der Waals surface area contributed by atoms with E-state index in [2.05, 4.69) is 0 Å². The molecule has 1 heterocycles. The molecule has 1 aromatic heterocycles. The highest BCUT2D eigenvalue weighted by Crippen LogP contribution is 2.33. The first-order valence-corrected chi connectivity index (χ1v) is 6.65. The predicted octanol–water partition coefficient (Wildman–Crippen LogP) is 4.08. The first-order chi connectivity index (χ1) is 8.77. The molecule has 0 bridgehead atoms. The van der Waals surface area contributed by atoms with Crippen molar-refractivity contribution in [2.24, 2.45) is 5.73 Å². The van der Waals surface area contributed by atoms with Crippen LogP contribution in [0.1, 0.15) is 16.5 Å². The number of phenols is 1. The van der Waals surface area contributed by atoms with Gasteiger partial charge in [-0.25, -0.2) is 0 Å². The minimum atomic E-state index is -0.143. The van der Waals surface area contributed by atoms with Crippen LogP contribution in [-0.2, 0) is 0 Å². The average Bonchev–Trinajstić information content (AvgIpc) is 2.93. The summed E-state index contributed by atoms with van der Waals surface area (Å²) in [4.78, 5) is 1.13. The monoisotopic (exact) mass is 291 g/mol. The average molecular weight is 292 g/mol. The van der Waals surface area contributed by atoms with Gasteiger partial charge in [-0.2, -0.15) is 0 Å². The van der Waals surface area contributed by atoms with Crippen molar-refractivity contribution in [1.82, 2.24) is 0 Å². The van der Waals surface area contributed by atoms with Crippen molar-refractivity contribution in [2.75, 3.05) is 0 Å². The maximum absolute atomic E-state index is 9.87. The molecule has 3 rings (SSSR count). The molecule has 0 fully saturated rings. The van der Waals surface area contributed by atoms with Gasteiger partial charge in [0.25, 0.3) is 0 Å². The van der Waals surface area contributed by atoms with Crippen molar-refractivity contribution >= 4 is 34.5 Å². The highest BCUT2D eigenvalue weighted by Gasteiger charge is 2.14. The Morgan fingerprint density at radius 3 is 2.37 bits per heavy atom. The zero-order valence-electron chi connectivity index (χ0n) is 10.1. The van der Waals surface area contributed by atoms with Crippen molar-refractivity contribution in [3.05, 3.63) is 64.4 Å². The zero-order chi connectivity index (χ0) is 12.5. The Labute approximate surface area is 121 Å². The minimum absolute atomic E-state index is 0. The first-order valence-electron chi connectivity index (χ1n) is 5.77. The lowest BCUT2D eigenvalue weighted by Crippen LogP contribution is -2.10. The van der Waals surface area contributed by atoms with Gasteiger partial charge in [0, 0.05) is 10.3 Å². The van der Waals surface area contributed by atoms with Gasteiger partial charge in [-0.15, -0.1) is 23.7 Å². The van der Waals surface area contributed by atoms with Gasteiger partial charge in [-0.05, 0) is 28.5 Å². The van der Waals surface area contributed by atoms with Gasteiger partial charge < -0.3 is 10.8 Å². The number of phenolic OH excluding ortho intramolecular Hbond substituents is 1. The van der Waals surface area contributed by atoms with E-state index < -0.39 is 0 Å². The van der Waals surface area contributed by atoms with Gasteiger partial charge in [0.2, 0.25) is 0 Å². The smallest absolute Gasteiger partial charge is 0.123 e. The molecule has 0 aliphatic carbocycles. The number of rotatable bonds is 2. The second-order valence-corrected chi connectivity index (χ2v) is 5.19. The lowest BCUT2D eigenvalue weighted by Gasteiger charge is -2.14. The number of halogens is 1. The summed E-state index contributed by atoms with van der Waals surface area (Å²) in [7, 11) is 0. The number of benzene rings is 2. The second kappa shape index (κ2) is 5.61. The summed E-state index contributed by atoms with van der Waals surface area (Å²) in [5.41, 5.74) is 7.35. The Balaban J connectivity index is 0.00000133. The van der Waals surface area contributed by atoms with Crippen LogP contribution >= 0.6 is 23.7 Å². The van der Waals surface area contributed by atoms with Gasteiger partial charge in [0.15, 0.2) is 0 Å². The maximum Gasteiger partial charge on any atom is 0.123 e. The Morgan fingerprint density at radius 1 is 0.947 bits per heavy atom. The molecule has 3 aromatic rings. The molecular formula is C15H14ClNOS. The van der Waals surface area contributed by atoms with E-state index in [0.717, 1.165) is 21.2 Å². The van der Waals surface area contributed by atoms with Crippen molar-refractivity contribution < 1.29 is 5.11 Å². The van der Waals surface area contributed by atoms with Crippen LogP contribution in [0.2, 0.25) is 0 Å². The van der Waals surface area contributed by atoms with Crippen LogP contribution in [0.4, 0.5) is 0 Å². The number of fused-ring (bicyclic) bond motifs is 1. The van der Waals surface area contributed by atoms with E-state index in [0.29, 0.717) is 5.75 Å². The molecule has 0 saturated heterocycles. The van der Waals surface area contributed by atoms with E-state index in [1.807, 2.05) is 47.8 Å². The quantitative estimate of drug-likeness (QED) is 0.747. The van der Waals surface area contributed by atoms with E-state index in [1.54, 1.807) is 17.4 Å². The molecule has 4 heteroatoms. The molecule has 0 saturated carbocycles. The van der Waals surface area contributed by atoms with Crippen molar-refractivity contribution in [2.45, 2.75) is 6.04 Å². The molecule has 0 unspecified atom stereocenters. The van der Waals surface area contributed by atoms with Crippen LogP contribution in [-0.4, -0.2) is 5.11 Å². The van der Waals surface area contributed by atoms with Crippen LogP contribution < -0.4 is 5.73 Å². The highest BCUT2D eigenvalue weighted by atomic mass is 35.5. The largest absolute Gasteiger partial charge is 0.507 e. The molecule has 0 amide bonds.